The molecule has 0 unspecified atom stereocenters. The molecule has 3 aromatic heterocycles. The number of hydrogen-bond acceptors (Lipinski definition) is 3. The van der Waals surface area contributed by atoms with Gasteiger partial charge in [-0.2, -0.15) is 5.10 Å². The van der Waals surface area contributed by atoms with Crippen LogP contribution in [0.15, 0.2) is 91.1 Å². The van der Waals surface area contributed by atoms with Gasteiger partial charge < -0.3 is 10.7 Å². The van der Waals surface area contributed by atoms with Gasteiger partial charge in [-0.3, -0.25) is 5.10 Å². The van der Waals surface area contributed by atoms with Crippen LogP contribution < -0.4 is 5.73 Å². The first-order valence-electron chi connectivity index (χ1n) is 10.1. The third-order valence-corrected chi connectivity index (χ3v) is 5.71. The Morgan fingerprint density at radius 2 is 1.42 bits per heavy atom. The summed E-state index contributed by atoms with van der Waals surface area (Å²) in [6, 6.07) is 29.1. The second-order valence-corrected chi connectivity index (χ2v) is 7.59. The van der Waals surface area contributed by atoms with Gasteiger partial charge in [-0.25, -0.2) is 4.98 Å². The van der Waals surface area contributed by atoms with E-state index >= 15 is 0 Å². The van der Waals surface area contributed by atoms with Crippen molar-refractivity contribution in [2.45, 2.75) is 0 Å². The molecule has 6 aromatic rings. The van der Waals surface area contributed by atoms with Crippen LogP contribution >= 0.6 is 0 Å². The lowest BCUT2D eigenvalue weighted by atomic mass is 9.95. The Kier molecular flexibility index (Phi) is 3.86. The second-order valence-electron chi connectivity index (χ2n) is 7.59. The van der Waals surface area contributed by atoms with Gasteiger partial charge in [-0.15, -0.1) is 0 Å². The first kappa shape index (κ1) is 17.5. The highest BCUT2D eigenvalue weighted by molar-refractivity contribution is 6.05. The van der Waals surface area contributed by atoms with Crippen molar-refractivity contribution < 1.29 is 0 Å². The third-order valence-electron chi connectivity index (χ3n) is 5.71. The standard InChI is InChI=1S/C26H19N5/c27-25-22-14-18(13-20(24(22)30-31-25)16-7-3-1-4-8-16)19-11-12-28-26-21(19)15-23(29-26)17-9-5-2-6-10-17/h1-15H,(H,28,29)(H3,27,30,31). The van der Waals surface area contributed by atoms with Crippen molar-refractivity contribution in [3.63, 3.8) is 0 Å². The molecule has 0 bridgehead atoms. The zero-order valence-corrected chi connectivity index (χ0v) is 16.6. The van der Waals surface area contributed by atoms with Crippen molar-refractivity contribution in [3.05, 3.63) is 91.1 Å². The summed E-state index contributed by atoms with van der Waals surface area (Å²) >= 11 is 0. The predicted octanol–water partition coefficient (Wildman–Crippen LogP) is 6.02. The van der Waals surface area contributed by atoms with Gasteiger partial charge in [-0.05, 0) is 46.5 Å². The van der Waals surface area contributed by atoms with E-state index in [0.717, 1.165) is 55.4 Å². The van der Waals surface area contributed by atoms with Crippen molar-refractivity contribution in [2.75, 3.05) is 5.73 Å². The molecule has 0 aliphatic rings. The van der Waals surface area contributed by atoms with E-state index in [1.54, 1.807) is 0 Å². The van der Waals surface area contributed by atoms with Gasteiger partial charge in [0.1, 0.15) is 5.65 Å². The zero-order chi connectivity index (χ0) is 20.8. The summed E-state index contributed by atoms with van der Waals surface area (Å²) < 4.78 is 0. The molecule has 0 aliphatic heterocycles. The molecular formula is C26H19N5. The molecule has 0 radical (unpaired) electrons. The van der Waals surface area contributed by atoms with Crippen LogP contribution in [0.2, 0.25) is 0 Å². The summed E-state index contributed by atoms with van der Waals surface area (Å²) in [4.78, 5) is 8.02. The Morgan fingerprint density at radius 3 is 2.19 bits per heavy atom. The van der Waals surface area contributed by atoms with Crippen LogP contribution in [0.1, 0.15) is 0 Å². The van der Waals surface area contributed by atoms with E-state index in [-0.39, 0.29) is 0 Å². The summed E-state index contributed by atoms with van der Waals surface area (Å²) in [7, 11) is 0. The number of H-pyrrole nitrogens is 2. The molecule has 5 heteroatoms. The molecule has 3 heterocycles. The average Bonchev–Trinajstić information content (AvgIpc) is 3.43. The first-order chi connectivity index (χ1) is 15.3. The largest absolute Gasteiger partial charge is 0.382 e. The van der Waals surface area contributed by atoms with Crippen molar-refractivity contribution in [1.82, 2.24) is 20.2 Å². The van der Waals surface area contributed by atoms with Crippen molar-refractivity contribution in [1.29, 1.82) is 0 Å². The van der Waals surface area contributed by atoms with Gasteiger partial charge in [0.2, 0.25) is 0 Å². The SMILES string of the molecule is Nc1n[nH]c2c(-c3ccccc3)cc(-c3ccnc4[nH]c(-c5ccccc5)cc34)cc12. The minimum atomic E-state index is 0.498. The number of pyridine rings is 1. The Bertz CT molecular complexity index is 1530. The van der Waals surface area contributed by atoms with Gasteiger partial charge in [0.15, 0.2) is 5.82 Å². The average molecular weight is 401 g/mol. The van der Waals surface area contributed by atoms with Crippen molar-refractivity contribution in [2.24, 2.45) is 0 Å². The van der Waals surface area contributed by atoms with E-state index in [1.807, 2.05) is 42.6 Å². The van der Waals surface area contributed by atoms with E-state index in [1.165, 1.54) is 0 Å². The maximum absolute atomic E-state index is 6.20. The highest BCUT2D eigenvalue weighted by Crippen LogP contribution is 2.38. The van der Waals surface area contributed by atoms with Gasteiger partial charge in [0, 0.05) is 28.2 Å². The molecule has 0 amide bonds. The summed E-state index contributed by atoms with van der Waals surface area (Å²) in [5.74, 6) is 0.498. The minimum Gasteiger partial charge on any atom is -0.382 e. The number of aromatic nitrogens is 4. The highest BCUT2D eigenvalue weighted by atomic mass is 15.1. The monoisotopic (exact) mass is 401 g/mol. The Labute approximate surface area is 178 Å². The molecule has 31 heavy (non-hydrogen) atoms. The molecule has 6 rings (SSSR count). The van der Waals surface area contributed by atoms with Crippen LogP contribution in [-0.4, -0.2) is 20.2 Å². The fraction of sp³-hybridized carbons (Fsp3) is 0. The molecule has 3 aromatic carbocycles. The van der Waals surface area contributed by atoms with E-state index < -0.39 is 0 Å². The fourth-order valence-corrected chi connectivity index (χ4v) is 4.19. The smallest absolute Gasteiger partial charge is 0.153 e. The van der Waals surface area contributed by atoms with Crippen LogP contribution in [0.3, 0.4) is 0 Å². The van der Waals surface area contributed by atoms with Crippen LogP contribution in [0.25, 0.3) is 55.4 Å². The van der Waals surface area contributed by atoms with E-state index in [0.29, 0.717) is 5.82 Å². The fourth-order valence-electron chi connectivity index (χ4n) is 4.19. The topological polar surface area (TPSA) is 83.4 Å². The number of nitrogens with two attached hydrogens (primary N) is 1. The molecule has 0 atom stereocenters. The molecule has 0 fully saturated rings. The Balaban J connectivity index is 1.60. The van der Waals surface area contributed by atoms with E-state index in [4.69, 9.17) is 5.73 Å². The summed E-state index contributed by atoms with van der Waals surface area (Å²) in [5.41, 5.74) is 14.5. The van der Waals surface area contributed by atoms with E-state index in [2.05, 4.69) is 68.7 Å². The third kappa shape index (κ3) is 2.87. The molecule has 0 saturated heterocycles. The van der Waals surface area contributed by atoms with Gasteiger partial charge in [-0.1, -0.05) is 60.7 Å². The first-order valence-corrected chi connectivity index (χ1v) is 10.1. The summed E-state index contributed by atoms with van der Waals surface area (Å²) in [6.45, 7) is 0. The number of rotatable bonds is 3. The van der Waals surface area contributed by atoms with Gasteiger partial charge >= 0.3 is 0 Å². The number of nitrogen functional groups attached to an aromatic ring is 1. The lowest BCUT2D eigenvalue weighted by Gasteiger charge is -2.09. The Hall–Kier alpha value is -4.38. The lowest BCUT2D eigenvalue weighted by molar-refractivity contribution is 1.13. The number of nitrogens with one attached hydrogen (secondary N) is 2. The Morgan fingerprint density at radius 1 is 0.677 bits per heavy atom. The number of benzene rings is 3. The second kappa shape index (κ2) is 6.85. The normalized spacial score (nSPS) is 11.4. The summed E-state index contributed by atoms with van der Waals surface area (Å²) in [5, 5.41) is 9.35. The van der Waals surface area contributed by atoms with Crippen LogP contribution in [0.5, 0.6) is 0 Å². The highest BCUT2D eigenvalue weighted by Gasteiger charge is 2.15. The molecule has 5 nitrogen and oxygen atoms in total. The number of fused-ring (bicyclic) bond motifs is 2. The van der Waals surface area contributed by atoms with Crippen LogP contribution in [0.4, 0.5) is 5.82 Å². The zero-order valence-electron chi connectivity index (χ0n) is 16.6. The number of nitrogens with zero attached hydrogens (tertiary/aromatic N) is 2. The van der Waals surface area contributed by atoms with Crippen LogP contribution in [0, 0.1) is 0 Å². The molecule has 0 spiro atoms. The van der Waals surface area contributed by atoms with E-state index in [9.17, 15) is 0 Å². The quantitative estimate of drug-likeness (QED) is 0.339. The maximum Gasteiger partial charge on any atom is 0.153 e. The number of anilines is 1. The number of hydrogen-bond donors (Lipinski definition) is 3. The maximum atomic E-state index is 6.20. The summed E-state index contributed by atoms with van der Waals surface area (Å²) in [6.07, 6.45) is 1.84. The minimum absolute atomic E-state index is 0.498. The van der Waals surface area contributed by atoms with Gasteiger partial charge in [0.25, 0.3) is 0 Å². The lowest BCUT2D eigenvalue weighted by Crippen LogP contribution is -1.88. The molecule has 148 valence electrons. The van der Waals surface area contributed by atoms with Crippen molar-refractivity contribution >= 4 is 27.8 Å². The molecule has 0 aliphatic carbocycles. The molecule has 4 N–H and O–H groups in total. The predicted molar refractivity (Wildman–Crippen MR) is 126 cm³/mol. The molecular weight excluding hydrogens is 382 g/mol. The molecule has 0 saturated carbocycles. The van der Waals surface area contributed by atoms with Gasteiger partial charge in [0.05, 0.1) is 5.52 Å². The van der Waals surface area contributed by atoms with Crippen LogP contribution in [-0.2, 0) is 0 Å². The number of aromatic amines is 2. The van der Waals surface area contributed by atoms with Crippen molar-refractivity contribution in [3.8, 4) is 33.5 Å².